The number of benzene rings is 3. The van der Waals surface area contributed by atoms with Gasteiger partial charge in [0.25, 0.3) is 0 Å². The van der Waals surface area contributed by atoms with Gasteiger partial charge in [0.15, 0.2) is 0 Å². The molecule has 1 aliphatic rings. The number of hydrogen-bond acceptors (Lipinski definition) is 6. The summed E-state index contributed by atoms with van der Waals surface area (Å²) in [5.41, 5.74) is 0.563. The molecule has 1 aliphatic carbocycles. The van der Waals surface area contributed by atoms with E-state index in [2.05, 4.69) is 4.72 Å². The van der Waals surface area contributed by atoms with Crippen LogP contribution in [0.25, 0.3) is 10.8 Å². The third-order valence-corrected chi connectivity index (χ3v) is 7.82. The topological polar surface area (TPSA) is 105 Å². The Morgan fingerprint density at radius 2 is 1.83 bits per heavy atom. The lowest BCUT2D eigenvalue weighted by Gasteiger charge is -2.30. The predicted octanol–water partition coefficient (Wildman–Crippen LogP) is 4.83. The first-order chi connectivity index (χ1) is 17.3. The maximum Gasteiger partial charge on any atom is 0.310 e. The van der Waals surface area contributed by atoms with Crippen LogP contribution in [0.1, 0.15) is 43.7 Å². The molecule has 36 heavy (non-hydrogen) atoms. The largest absolute Gasteiger partial charge is 0.489 e. The van der Waals surface area contributed by atoms with Gasteiger partial charge in [-0.2, -0.15) is 5.26 Å². The number of esters is 1. The van der Waals surface area contributed by atoms with Crippen molar-refractivity contribution in [3.05, 3.63) is 71.5 Å². The van der Waals surface area contributed by atoms with Gasteiger partial charge in [-0.3, -0.25) is 4.79 Å². The Hall–Kier alpha value is -3.48. The minimum atomic E-state index is -3.85. The van der Waals surface area contributed by atoms with E-state index >= 15 is 0 Å². The molecule has 1 saturated carbocycles. The average Bonchev–Trinajstić information content (AvgIpc) is 2.87. The van der Waals surface area contributed by atoms with Crippen LogP contribution < -0.4 is 9.46 Å². The summed E-state index contributed by atoms with van der Waals surface area (Å²) in [4.78, 5) is 12.4. The smallest absolute Gasteiger partial charge is 0.310 e. The van der Waals surface area contributed by atoms with E-state index in [1.54, 1.807) is 37.3 Å². The summed E-state index contributed by atoms with van der Waals surface area (Å²) in [6.45, 7) is 1.98. The molecule has 4 rings (SSSR count). The highest BCUT2D eigenvalue weighted by Gasteiger charge is 2.35. The van der Waals surface area contributed by atoms with Crippen LogP contribution >= 0.6 is 0 Å². The molecule has 1 fully saturated rings. The monoisotopic (exact) mass is 510 g/mol. The molecule has 0 unspecified atom stereocenters. The Bertz CT molecular complexity index is 1420. The number of nitrogens with one attached hydrogen (secondary N) is 1. The van der Waals surface area contributed by atoms with E-state index in [0.717, 1.165) is 24.3 Å². The maximum absolute atomic E-state index is 14.1. The molecule has 0 spiro atoms. The summed E-state index contributed by atoms with van der Waals surface area (Å²) in [5.74, 6) is -0.869. The van der Waals surface area contributed by atoms with Crippen molar-refractivity contribution in [2.75, 3.05) is 6.61 Å². The molecule has 1 N–H and O–H groups in total. The Morgan fingerprint density at radius 3 is 2.58 bits per heavy atom. The van der Waals surface area contributed by atoms with Crippen LogP contribution in [-0.4, -0.2) is 27.0 Å². The zero-order valence-electron chi connectivity index (χ0n) is 19.9. The second-order valence-electron chi connectivity index (χ2n) is 8.75. The first kappa shape index (κ1) is 25.6. The predicted molar refractivity (Wildman–Crippen MR) is 132 cm³/mol. The van der Waals surface area contributed by atoms with Gasteiger partial charge >= 0.3 is 5.97 Å². The summed E-state index contributed by atoms with van der Waals surface area (Å²) in [7, 11) is -3.85. The number of rotatable bonds is 8. The van der Waals surface area contributed by atoms with E-state index in [9.17, 15) is 17.6 Å². The first-order valence-corrected chi connectivity index (χ1v) is 13.3. The van der Waals surface area contributed by atoms with Crippen molar-refractivity contribution < 1.29 is 27.1 Å². The van der Waals surface area contributed by atoms with Crippen molar-refractivity contribution in [2.24, 2.45) is 5.92 Å². The number of fused-ring (bicyclic) bond motifs is 1. The molecule has 0 heterocycles. The normalized spacial score (nSPS) is 17.9. The van der Waals surface area contributed by atoms with Gasteiger partial charge < -0.3 is 9.47 Å². The molecule has 2 atom stereocenters. The summed E-state index contributed by atoms with van der Waals surface area (Å²) >= 11 is 0. The molecule has 188 valence electrons. The van der Waals surface area contributed by atoms with Crippen LogP contribution in [0.2, 0.25) is 0 Å². The molecule has 0 aromatic heterocycles. The van der Waals surface area contributed by atoms with Gasteiger partial charge in [-0.05, 0) is 66.9 Å². The minimum absolute atomic E-state index is 0.0115. The molecule has 0 saturated heterocycles. The second-order valence-corrected chi connectivity index (χ2v) is 10.5. The van der Waals surface area contributed by atoms with Crippen LogP contribution in [0.15, 0.2) is 59.5 Å². The lowest BCUT2D eigenvalue weighted by molar-refractivity contribution is -0.149. The third-order valence-electron chi connectivity index (χ3n) is 6.33. The first-order valence-electron chi connectivity index (χ1n) is 11.8. The van der Waals surface area contributed by atoms with Crippen LogP contribution in [0.4, 0.5) is 4.39 Å². The van der Waals surface area contributed by atoms with E-state index < -0.39 is 27.8 Å². The lowest BCUT2D eigenvalue weighted by Crippen LogP contribution is -2.45. The lowest BCUT2D eigenvalue weighted by atomic mass is 9.85. The highest BCUT2D eigenvalue weighted by atomic mass is 32.2. The Balaban J connectivity index is 1.48. The number of nitriles is 1. The zero-order valence-corrected chi connectivity index (χ0v) is 20.7. The van der Waals surface area contributed by atoms with Gasteiger partial charge in [0.05, 0.1) is 29.1 Å². The number of ether oxygens (including phenoxy) is 2. The van der Waals surface area contributed by atoms with Gasteiger partial charge in [0, 0.05) is 11.6 Å². The third kappa shape index (κ3) is 5.83. The van der Waals surface area contributed by atoms with Gasteiger partial charge in [-0.15, -0.1) is 0 Å². The fraction of sp³-hybridized carbons (Fsp3) is 0.333. The average molecular weight is 511 g/mol. The van der Waals surface area contributed by atoms with E-state index in [-0.39, 0.29) is 29.6 Å². The molecule has 9 heteroatoms. The van der Waals surface area contributed by atoms with Crippen molar-refractivity contribution in [3.63, 3.8) is 0 Å². The van der Waals surface area contributed by atoms with Crippen molar-refractivity contribution in [2.45, 2.75) is 50.2 Å². The van der Waals surface area contributed by atoms with E-state index in [1.807, 2.05) is 6.07 Å². The van der Waals surface area contributed by atoms with E-state index in [4.69, 9.17) is 14.7 Å². The summed E-state index contributed by atoms with van der Waals surface area (Å²) in [6.07, 6.45) is 2.88. The molecule has 0 aliphatic heterocycles. The Labute approximate surface area is 209 Å². The molecule has 0 amide bonds. The second kappa shape index (κ2) is 11.1. The number of carbonyl (C=O) groups excluding carboxylic acids is 1. The van der Waals surface area contributed by atoms with Gasteiger partial charge in [-0.1, -0.05) is 31.0 Å². The number of halogens is 1. The van der Waals surface area contributed by atoms with Gasteiger partial charge in [0.1, 0.15) is 18.2 Å². The highest BCUT2D eigenvalue weighted by molar-refractivity contribution is 7.89. The van der Waals surface area contributed by atoms with Crippen molar-refractivity contribution in [1.29, 1.82) is 5.26 Å². The van der Waals surface area contributed by atoms with Gasteiger partial charge in [-0.25, -0.2) is 17.5 Å². The fourth-order valence-corrected chi connectivity index (χ4v) is 5.77. The highest BCUT2D eigenvalue weighted by Crippen LogP contribution is 2.29. The van der Waals surface area contributed by atoms with Crippen molar-refractivity contribution >= 4 is 26.8 Å². The molecule has 3 aromatic rings. The number of sulfonamides is 1. The molecular formula is C27H27FN2O5S. The summed E-state index contributed by atoms with van der Waals surface area (Å²) in [6, 6.07) is 15.5. The van der Waals surface area contributed by atoms with E-state index in [1.165, 1.54) is 18.2 Å². The quantitative estimate of drug-likeness (QED) is 0.435. The number of hydrogen-bond donors (Lipinski definition) is 1. The molecule has 7 nitrogen and oxygen atoms in total. The van der Waals surface area contributed by atoms with E-state index in [0.29, 0.717) is 29.5 Å². The SMILES string of the molecule is CCOC(=O)[C@@H]1CCCC[C@@H]1NS(=O)(=O)c1ccc2cc(OCc3ccc(C#N)cc3F)ccc2c1. The standard InChI is InChI=1S/C27H27FN2O5S/c1-2-34-27(31)24-5-3-4-6-26(24)30-36(32,33)23-12-10-19-14-22(11-9-20(19)15-23)35-17-21-8-7-18(16-29)13-25(21)28/h7-15,24,26,30H,2-6,17H2,1H3/t24-,26+/m1/s1. The van der Waals surface area contributed by atoms with Gasteiger partial charge in [0.2, 0.25) is 10.0 Å². The van der Waals surface area contributed by atoms with Crippen molar-refractivity contribution in [1.82, 2.24) is 4.72 Å². The Morgan fingerprint density at radius 1 is 1.08 bits per heavy atom. The Kier molecular flexibility index (Phi) is 7.87. The van der Waals surface area contributed by atoms with Crippen LogP contribution in [0.5, 0.6) is 5.75 Å². The molecule has 3 aromatic carbocycles. The zero-order chi connectivity index (χ0) is 25.7. The van der Waals surface area contributed by atoms with Crippen LogP contribution in [-0.2, 0) is 26.2 Å². The molecule has 0 bridgehead atoms. The summed E-state index contributed by atoms with van der Waals surface area (Å²) in [5, 5.41) is 10.3. The fourth-order valence-electron chi connectivity index (χ4n) is 4.42. The number of nitrogens with zero attached hydrogens (tertiary/aromatic N) is 1. The van der Waals surface area contributed by atoms with Crippen LogP contribution in [0, 0.1) is 23.1 Å². The molecular weight excluding hydrogens is 483 g/mol. The molecule has 0 radical (unpaired) electrons. The summed E-state index contributed by atoms with van der Waals surface area (Å²) < 4.78 is 53.9. The van der Waals surface area contributed by atoms with Crippen molar-refractivity contribution in [3.8, 4) is 11.8 Å². The van der Waals surface area contributed by atoms with Crippen LogP contribution in [0.3, 0.4) is 0 Å². The number of carbonyl (C=O) groups is 1. The minimum Gasteiger partial charge on any atom is -0.489 e. The maximum atomic E-state index is 14.1.